The van der Waals surface area contributed by atoms with Crippen molar-refractivity contribution in [3.8, 4) is 0 Å². The van der Waals surface area contributed by atoms with Gasteiger partial charge < -0.3 is 11.1 Å². The third-order valence-corrected chi connectivity index (χ3v) is 2.79. The standard InChI is InChI=1S/C12H13N3O3/c1-15-11(17)8-3-2-7(6-9(8)12(15)18)14-5-4-10(13)16/h2-3,6,14H,4-5H2,1H3,(H2,13,16). The van der Waals surface area contributed by atoms with Crippen molar-refractivity contribution in [3.63, 3.8) is 0 Å². The van der Waals surface area contributed by atoms with E-state index in [4.69, 9.17) is 5.73 Å². The van der Waals surface area contributed by atoms with Gasteiger partial charge in [0.1, 0.15) is 0 Å². The van der Waals surface area contributed by atoms with Gasteiger partial charge in [0.15, 0.2) is 0 Å². The largest absolute Gasteiger partial charge is 0.385 e. The molecule has 0 aliphatic carbocycles. The minimum atomic E-state index is -0.394. The second-order valence-electron chi connectivity index (χ2n) is 4.07. The Hall–Kier alpha value is -2.37. The molecule has 6 nitrogen and oxygen atoms in total. The molecule has 0 spiro atoms. The monoisotopic (exact) mass is 247 g/mol. The number of carbonyl (C=O) groups is 3. The predicted molar refractivity (Wildman–Crippen MR) is 65.2 cm³/mol. The number of nitrogens with two attached hydrogens (primary N) is 1. The number of fused-ring (bicyclic) bond motifs is 1. The lowest BCUT2D eigenvalue weighted by molar-refractivity contribution is -0.117. The van der Waals surface area contributed by atoms with Gasteiger partial charge in [0.2, 0.25) is 5.91 Å². The number of carbonyl (C=O) groups excluding carboxylic acids is 3. The number of rotatable bonds is 4. The molecule has 1 aromatic carbocycles. The summed E-state index contributed by atoms with van der Waals surface area (Å²) in [6, 6.07) is 4.91. The van der Waals surface area contributed by atoms with Gasteiger partial charge in [-0.3, -0.25) is 19.3 Å². The van der Waals surface area contributed by atoms with Crippen LogP contribution in [0.4, 0.5) is 5.69 Å². The number of primary amides is 1. The Labute approximate surface area is 104 Å². The van der Waals surface area contributed by atoms with Crippen molar-refractivity contribution in [2.75, 3.05) is 18.9 Å². The van der Waals surface area contributed by atoms with E-state index in [1.54, 1.807) is 18.2 Å². The topological polar surface area (TPSA) is 92.5 Å². The molecule has 0 radical (unpaired) electrons. The maximum absolute atomic E-state index is 11.7. The van der Waals surface area contributed by atoms with Crippen molar-refractivity contribution in [1.29, 1.82) is 0 Å². The molecular weight excluding hydrogens is 234 g/mol. The second kappa shape index (κ2) is 4.48. The molecule has 0 unspecified atom stereocenters. The van der Waals surface area contributed by atoms with Crippen LogP contribution in [-0.4, -0.2) is 36.2 Å². The number of nitrogens with one attached hydrogen (secondary N) is 1. The molecule has 0 fully saturated rings. The number of benzene rings is 1. The molecule has 0 bridgehead atoms. The van der Waals surface area contributed by atoms with Gasteiger partial charge in [-0.05, 0) is 18.2 Å². The zero-order valence-corrected chi connectivity index (χ0v) is 9.90. The summed E-state index contributed by atoms with van der Waals surface area (Å²) in [6.07, 6.45) is 0.212. The fourth-order valence-corrected chi connectivity index (χ4v) is 1.80. The van der Waals surface area contributed by atoms with Gasteiger partial charge in [0.25, 0.3) is 11.8 Å². The van der Waals surface area contributed by atoms with E-state index < -0.39 is 5.91 Å². The lowest BCUT2D eigenvalue weighted by Crippen LogP contribution is -2.24. The molecular formula is C12H13N3O3. The van der Waals surface area contributed by atoms with Gasteiger partial charge in [-0.2, -0.15) is 0 Å². The van der Waals surface area contributed by atoms with Gasteiger partial charge >= 0.3 is 0 Å². The summed E-state index contributed by atoms with van der Waals surface area (Å²) in [5.74, 6) is -0.998. The van der Waals surface area contributed by atoms with Crippen LogP contribution in [0.25, 0.3) is 0 Å². The normalized spacial score (nSPS) is 13.7. The Morgan fingerprint density at radius 3 is 2.61 bits per heavy atom. The van der Waals surface area contributed by atoms with Gasteiger partial charge in [0, 0.05) is 25.7 Å². The summed E-state index contributed by atoms with van der Waals surface area (Å²) in [5.41, 5.74) is 6.49. The first-order valence-corrected chi connectivity index (χ1v) is 5.49. The summed E-state index contributed by atoms with van der Waals surface area (Å²) in [6.45, 7) is 0.395. The molecule has 1 aliphatic heterocycles. The van der Waals surface area contributed by atoms with Crippen molar-refractivity contribution in [3.05, 3.63) is 29.3 Å². The van der Waals surface area contributed by atoms with Crippen LogP contribution in [0.3, 0.4) is 0 Å². The highest BCUT2D eigenvalue weighted by molar-refractivity contribution is 6.21. The maximum atomic E-state index is 11.7. The van der Waals surface area contributed by atoms with Gasteiger partial charge in [-0.15, -0.1) is 0 Å². The Balaban J connectivity index is 2.16. The summed E-state index contributed by atoms with van der Waals surface area (Å²) in [5, 5.41) is 2.97. The van der Waals surface area contributed by atoms with Crippen LogP contribution in [0.5, 0.6) is 0 Å². The van der Waals surface area contributed by atoms with Crippen LogP contribution in [0, 0.1) is 0 Å². The lowest BCUT2D eigenvalue weighted by atomic mass is 10.1. The second-order valence-corrected chi connectivity index (χ2v) is 4.07. The molecule has 0 saturated carbocycles. The van der Waals surface area contributed by atoms with Crippen LogP contribution in [-0.2, 0) is 4.79 Å². The van der Waals surface area contributed by atoms with Crippen LogP contribution >= 0.6 is 0 Å². The van der Waals surface area contributed by atoms with Crippen molar-refractivity contribution >= 4 is 23.4 Å². The third kappa shape index (κ3) is 2.04. The van der Waals surface area contributed by atoms with Gasteiger partial charge in [0.05, 0.1) is 11.1 Å². The van der Waals surface area contributed by atoms with Crippen LogP contribution in [0.15, 0.2) is 18.2 Å². The summed E-state index contributed by atoms with van der Waals surface area (Å²) in [4.78, 5) is 35.1. The van der Waals surface area contributed by atoms with E-state index in [0.29, 0.717) is 23.4 Å². The lowest BCUT2D eigenvalue weighted by Gasteiger charge is -2.05. The Kier molecular flexibility index (Phi) is 3.01. The first kappa shape index (κ1) is 12.1. The number of anilines is 1. The smallest absolute Gasteiger partial charge is 0.261 e. The SMILES string of the molecule is CN1C(=O)c2ccc(NCCC(N)=O)cc2C1=O. The van der Waals surface area contributed by atoms with E-state index in [2.05, 4.69) is 5.32 Å². The van der Waals surface area contributed by atoms with E-state index in [0.717, 1.165) is 4.90 Å². The number of nitrogens with zero attached hydrogens (tertiary/aromatic N) is 1. The highest BCUT2D eigenvalue weighted by Crippen LogP contribution is 2.24. The highest BCUT2D eigenvalue weighted by atomic mass is 16.2. The van der Waals surface area contributed by atoms with Crippen LogP contribution in [0.1, 0.15) is 27.1 Å². The third-order valence-electron chi connectivity index (χ3n) is 2.79. The van der Waals surface area contributed by atoms with Crippen molar-refractivity contribution in [2.24, 2.45) is 5.73 Å². The summed E-state index contributed by atoms with van der Waals surface area (Å²) in [7, 11) is 1.45. The highest BCUT2D eigenvalue weighted by Gasteiger charge is 2.32. The van der Waals surface area contributed by atoms with E-state index in [1.807, 2.05) is 0 Å². The van der Waals surface area contributed by atoms with E-state index >= 15 is 0 Å². The molecule has 0 aromatic heterocycles. The average molecular weight is 247 g/mol. The number of hydrogen-bond acceptors (Lipinski definition) is 4. The molecule has 94 valence electrons. The zero-order valence-electron chi connectivity index (χ0n) is 9.90. The first-order valence-electron chi connectivity index (χ1n) is 5.49. The zero-order chi connectivity index (χ0) is 13.3. The average Bonchev–Trinajstić information content (AvgIpc) is 2.54. The molecule has 0 atom stereocenters. The van der Waals surface area contributed by atoms with Gasteiger partial charge in [-0.1, -0.05) is 0 Å². The molecule has 0 saturated heterocycles. The number of hydrogen-bond donors (Lipinski definition) is 2. The summed E-state index contributed by atoms with van der Waals surface area (Å²) >= 11 is 0. The van der Waals surface area contributed by atoms with Crippen molar-refractivity contribution < 1.29 is 14.4 Å². The molecule has 3 amide bonds. The van der Waals surface area contributed by atoms with Crippen molar-refractivity contribution in [1.82, 2.24) is 4.90 Å². The van der Waals surface area contributed by atoms with Gasteiger partial charge in [-0.25, -0.2) is 0 Å². The Morgan fingerprint density at radius 2 is 1.94 bits per heavy atom. The molecule has 6 heteroatoms. The fourth-order valence-electron chi connectivity index (χ4n) is 1.80. The number of amides is 3. The van der Waals surface area contributed by atoms with Crippen LogP contribution in [0.2, 0.25) is 0 Å². The summed E-state index contributed by atoms with van der Waals surface area (Å²) < 4.78 is 0. The molecule has 1 aromatic rings. The van der Waals surface area contributed by atoms with Crippen molar-refractivity contribution in [2.45, 2.75) is 6.42 Å². The van der Waals surface area contributed by atoms with E-state index in [9.17, 15) is 14.4 Å². The number of imide groups is 1. The fraction of sp³-hybridized carbons (Fsp3) is 0.250. The van der Waals surface area contributed by atoms with E-state index in [1.165, 1.54) is 7.05 Å². The van der Waals surface area contributed by atoms with Crippen LogP contribution < -0.4 is 11.1 Å². The minimum absolute atomic E-state index is 0.212. The predicted octanol–water partition coefficient (Wildman–Crippen LogP) is 0.200. The molecule has 1 heterocycles. The molecule has 18 heavy (non-hydrogen) atoms. The molecule has 2 rings (SSSR count). The maximum Gasteiger partial charge on any atom is 0.261 e. The quantitative estimate of drug-likeness (QED) is 0.743. The Bertz CT molecular complexity index is 539. The first-order chi connectivity index (χ1) is 8.50. The van der Waals surface area contributed by atoms with E-state index in [-0.39, 0.29) is 18.2 Å². The molecule has 1 aliphatic rings. The molecule has 3 N–H and O–H groups in total. The Morgan fingerprint density at radius 1 is 1.28 bits per heavy atom. The minimum Gasteiger partial charge on any atom is -0.385 e.